The number of fused-ring (bicyclic) bond motifs is 1. The summed E-state index contributed by atoms with van der Waals surface area (Å²) in [6, 6.07) is 3.59. The molecule has 0 saturated carbocycles. The minimum Gasteiger partial charge on any atom is -0.492 e. The average molecular weight is 391 g/mol. The maximum absolute atomic E-state index is 14.7. The minimum absolute atomic E-state index is 0.00966. The number of carbonyl (C=O) groups is 1. The van der Waals surface area contributed by atoms with Gasteiger partial charge in [0.15, 0.2) is 5.75 Å². The number of carboxylic acid groups (broad SMARTS) is 1. The molecule has 1 saturated heterocycles. The molecule has 1 N–H and O–H groups in total. The van der Waals surface area contributed by atoms with E-state index in [2.05, 4.69) is 37.7 Å². The maximum atomic E-state index is 14.7. The van der Waals surface area contributed by atoms with Crippen molar-refractivity contribution in [2.45, 2.75) is 26.3 Å². The smallest absolute Gasteiger partial charge is 0.341 e. The molecule has 1 aliphatic heterocycles. The first-order chi connectivity index (χ1) is 13.1. The van der Waals surface area contributed by atoms with E-state index in [1.807, 2.05) is 0 Å². The number of rotatable bonds is 4. The van der Waals surface area contributed by atoms with Gasteiger partial charge in [0.2, 0.25) is 5.43 Å². The lowest BCUT2D eigenvalue weighted by atomic mass is 9.78. The molecule has 0 radical (unpaired) electrons. The Balaban J connectivity index is 2.14. The van der Waals surface area contributed by atoms with Gasteiger partial charge in [-0.3, -0.25) is 4.79 Å². The van der Waals surface area contributed by atoms with Gasteiger partial charge in [-0.1, -0.05) is 18.3 Å². The summed E-state index contributed by atoms with van der Waals surface area (Å²) in [6.45, 7) is 5.89. The Morgan fingerprint density at radius 2 is 2.04 bits per heavy atom. The summed E-state index contributed by atoms with van der Waals surface area (Å²) in [5.41, 5.74) is -0.716. The number of aromatic nitrogens is 1. The number of halogens is 1. The van der Waals surface area contributed by atoms with Gasteiger partial charge in [0.05, 0.1) is 24.4 Å². The van der Waals surface area contributed by atoms with Crippen LogP contribution >= 0.6 is 0 Å². The van der Waals surface area contributed by atoms with Crippen molar-refractivity contribution in [1.29, 1.82) is 0 Å². The number of benzene rings is 1. The fraction of sp³-hybridized carbons (Fsp3) is 0.500. The van der Waals surface area contributed by atoms with Crippen LogP contribution < -0.4 is 15.1 Å². The summed E-state index contributed by atoms with van der Waals surface area (Å²) in [4.78, 5) is 28.2. The topological polar surface area (TPSA) is 75.0 Å². The van der Waals surface area contributed by atoms with Crippen LogP contribution in [0.1, 0.15) is 30.6 Å². The second-order valence-corrected chi connectivity index (χ2v) is 8.18. The monoisotopic (exact) mass is 391 g/mol. The number of aromatic carboxylic acids is 1. The summed E-state index contributed by atoms with van der Waals surface area (Å²) < 4.78 is 20.2. The zero-order chi connectivity index (χ0) is 20.8. The van der Waals surface area contributed by atoms with E-state index in [1.54, 1.807) is 6.07 Å². The summed E-state index contributed by atoms with van der Waals surface area (Å²) >= 11 is 0. The third-order valence-electron chi connectivity index (χ3n) is 5.63. The van der Waals surface area contributed by atoms with Gasteiger partial charge in [-0.15, -0.1) is 0 Å². The SMILES string of the molecule is COc1c(N2CCC(N(C)C)C(C)(C)C2)ccc2c(=O)c(C(=O)O)cn(F)c12. The first-order valence-corrected chi connectivity index (χ1v) is 9.15. The molecule has 2 aromatic rings. The van der Waals surface area contributed by atoms with E-state index in [1.165, 1.54) is 13.2 Å². The Kier molecular flexibility index (Phi) is 5.10. The molecule has 1 aromatic carbocycles. The number of pyridine rings is 1. The van der Waals surface area contributed by atoms with Crippen molar-refractivity contribution in [1.82, 2.24) is 9.69 Å². The first-order valence-electron chi connectivity index (χ1n) is 9.15. The molecule has 0 spiro atoms. The van der Waals surface area contributed by atoms with Crippen molar-refractivity contribution in [3.05, 3.63) is 34.1 Å². The van der Waals surface area contributed by atoms with E-state index in [4.69, 9.17) is 9.84 Å². The number of piperidine rings is 1. The number of hydrogen-bond acceptors (Lipinski definition) is 5. The lowest BCUT2D eigenvalue weighted by Crippen LogP contribution is -2.54. The van der Waals surface area contributed by atoms with Gasteiger partial charge in [-0.05, 0) is 38.1 Å². The van der Waals surface area contributed by atoms with Crippen LogP contribution in [0.15, 0.2) is 23.1 Å². The number of ether oxygens (including phenoxy) is 1. The highest BCUT2D eigenvalue weighted by Gasteiger charge is 2.38. The van der Waals surface area contributed by atoms with Crippen LogP contribution in [-0.4, -0.2) is 61.1 Å². The van der Waals surface area contributed by atoms with E-state index in [9.17, 15) is 14.1 Å². The first kappa shape index (κ1) is 20.1. The van der Waals surface area contributed by atoms with Gasteiger partial charge < -0.3 is 19.6 Å². The molecule has 0 bridgehead atoms. The summed E-state index contributed by atoms with van der Waals surface area (Å²) in [5, 5.41) is 9.12. The number of anilines is 1. The highest BCUT2D eigenvalue weighted by molar-refractivity contribution is 5.96. The van der Waals surface area contributed by atoms with Crippen LogP contribution in [0.2, 0.25) is 0 Å². The number of nitrogens with zero attached hydrogens (tertiary/aromatic N) is 3. The van der Waals surface area contributed by atoms with Crippen LogP contribution in [0.4, 0.5) is 10.2 Å². The van der Waals surface area contributed by atoms with Gasteiger partial charge in [0, 0.05) is 19.1 Å². The fourth-order valence-corrected chi connectivity index (χ4v) is 4.45. The van der Waals surface area contributed by atoms with E-state index >= 15 is 0 Å². The normalized spacial score (nSPS) is 19.2. The molecule has 152 valence electrons. The zero-order valence-corrected chi connectivity index (χ0v) is 16.8. The van der Waals surface area contributed by atoms with E-state index < -0.39 is 17.0 Å². The third kappa shape index (κ3) is 3.22. The van der Waals surface area contributed by atoms with Crippen LogP contribution in [0.25, 0.3) is 10.9 Å². The Labute approximate surface area is 162 Å². The highest BCUT2D eigenvalue weighted by Crippen LogP contribution is 2.40. The number of carboxylic acids is 1. The van der Waals surface area contributed by atoms with E-state index in [0.29, 0.717) is 17.9 Å². The van der Waals surface area contributed by atoms with Crippen LogP contribution in [0.5, 0.6) is 5.75 Å². The fourth-order valence-electron chi connectivity index (χ4n) is 4.45. The molecular formula is C20H26FN3O4. The van der Waals surface area contributed by atoms with Gasteiger partial charge in [0.25, 0.3) is 0 Å². The quantitative estimate of drug-likeness (QED) is 0.864. The summed E-state index contributed by atoms with van der Waals surface area (Å²) in [5.74, 6) is -1.23. The Morgan fingerprint density at radius 1 is 1.36 bits per heavy atom. The number of hydrogen-bond donors (Lipinski definition) is 1. The van der Waals surface area contributed by atoms with Crippen molar-refractivity contribution in [3.63, 3.8) is 0 Å². The lowest BCUT2D eigenvalue weighted by Gasteiger charge is -2.48. The van der Waals surface area contributed by atoms with Gasteiger partial charge in [0.1, 0.15) is 11.1 Å². The molecule has 8 heteroatoms. The van der Waals surface area contributed by atoms with Crippen molar-refractivity contribution >= 4 is 22.6 Å². The third-order valence-corrected chi connectivity index (χ3v) is 5.63. The predicted octanol–water partition coefficient (Wildman–Crippen LogP) is 2.61. The molecule has 3 rings (SSSR count). The minimum atomic E-state index is -1.46. The second kappa shape index (κ2) is 7.09. The number of methoxy groups -OCH3 is 1. The predicted molar refractivity (Wildman–Crippen MR) is 106 cm³/mol. The molecule has 28 heavy (non-hydrogen) atoms. The molecule has 1 aliphatic rings. The molecule has 2 heterocycles. The Bertz CT molecular complexity index is 984. The molecule has 7 nitrogen and oxygen atoms in total. The van der Waals surface area contributed by atoms with E-state index in [-0.39, 0.29) is 26.9 Å². The molecule has 1 unspecified atom stereocenters. The molecule has 0 amide bonds. The Morgan fingerprint density at radius 3 is 2.57 bits per heavy atom. The van der Waals surface area contributed by atoms with E-state index in [0.717, 1.165) is 19.5 Å². The largest absolute Gasteiger partial charge is 0.492 e. The van der Waals surface area contributed by atoms with Crippen LogP contribution in [0.3, 0.4) is 0 Å². The highest BCUT2D eigenvalue weighted by atomic mass is 19.2. The van der Waals surface area contributed by atoms with Crippen molar-refractivity contribution in [2.75, 3.05) is 39.2 Å². The van der Waals surface area contributed by atoms with Gasteiger partial charge >= 0.3 is 5.97 Å². The standard InChI is InChI=1S/C20H26FN3O4/c1-20(2)11-23(9-8-15(20)22(3)4)14-7-6-12-16(18(14)28-5)24(21)10-13(17(12)25)19(26)27/h6-7,10,15H,8-9,11H2,1-5H3,(H,26,27). The van der Waals surface area contributed by atoms with Crippen LogP contribution in [-0.2, 0) is 0 Å². The molecule has 0 aliphatic carbocycles. The molecule has 1 atom stereocenters. The van der Waals surface area contributed by atoms with Crippen molar-refractivity contribution < 1.29 is 19.1 Å². The second-order valence-electron chi connectivity index (χ2n) is 8.18. The lowest BCUT2D eigenvalue weighted by molar-refractivity contribution is 0.0693. The van der Waals surface area contributed by atoms with Crippen molar-refractivity contribution in [2.24, 2.45) is 5.41 Å². The summed E-state index contributed by atoms with van der Waals surface area (Å²) in [7, 11) is 5.56. The average Bonchev–Trinajstić information content (AvgIpc) is 2.61. The maximum Gasteiger partial charge on any atom is 0.341 e. The Hall–Kier alpha value is -2.61. The molecule has 1 aromatic heterocycles. The molecule has 1 fully saturated rings. The summed E-state index contributed by atoms with van der Waals surface area (Å²) in [6.07, 6.45) is 1.63. The zero-order valence-electron chi connectivity index (χ0n) is 16.8. The van der Waals surface area contributed by atoms with Gasteiger partial charge in [-0.2, -0.15) is 4.79 Å². The van der Waals surface area contributed by atoms with Crippen molar-refractivity contribution in [3.8, 4) is 5.75 Å². The molecular weight excluding hydrogens is 365 g/mol. The van der Waals surface area contributed by atoms with Gasteiger partial charge in [-0.25, -0.2) is 4.79 Å². The van der Waals surface area contributed by atoms with Crippen LogP contribution in [0, 0.1) is 5.41 Å².